The summed E-state index contributed by atoms with van der Waals surface area (Å²) in [6.07, 6.45) is 8.35. The predicted molar refractivity (Wildman–Crippen MR) is 173 cm³/mol. The van der Waals surface area contributed by atoms with E-state index in [2.05, 4.69) is 4.99 Å². The van der Waals surface area contributed by atoms with E-state index in [1.807, 2.05) is 108 Å². The van der Waals surface area contributed by atoms with Crippen LogP contribution in [0.15, 0.2) is 144 Å². The number of aliphatic imine (C=N–C) groups is 1. The average Bonchev–Trinajstić information content (AvgIpc) is 3.08. The third kappa shape index (κ3) is 6.63. The van der Waals surface area contributed by atoms with E-state index in [0.29, 0.717) is 23.4 Å². The van der Waals surface area contributed by atoms with Crippen molar-refractivity contribution >= 4 is 35.8 Å². The van der Waals surface area contributed by atoms with Gasteiger partial charge in [0.25, 0.3) is 5.91 Å². The van der Waals surface area contributed by atoms with Crippen molar-refractivity contribution < 1.29 is 23.7 Å². The molecule has 2 atom stereocenters. The number of fused-ring (bicyclic) bond motifs is 1. The lowest BCUT2D eigenvalue weighted by atomic mass is 10.0. The average molecular weight is 616 g/mol. The number of pyridine rings is 1. The second-order valence-electron chi connectivity index (χ2n) is 10.6. The number of hydrogen-bond donors (Lipinski definition) is 1. The molecule has 0 radical (unpaired) electrons. The number of ether oxygens (including phenoxy) is 1. The van der Waals surface area contributed by atoms with Crippen molar-refractivity contribution in [2.75, 3.05) is 5.75 Å². The van der Waals surface area contributed by atoms with Crippen molar-refractivity contribution in [1.29, 1.82) is 0 Å². The fourth-order valence-electron chi connectivity index (χ4n) is 5.26. The molecular weight excluding hydrogens is 584 g/mol. The molecule has 6 rings (SSSR count). The van der Waals surface area contributed by atoms with Crippen LogP contribution in [0.1, 0.15) is 33.2 Å². The molecule has 0 aliphatic carbocycles. The van der Waals surface area contributed by atoms with Gasteiger partial charge in [-0.05, 0) is 28.3 Å². The molecular formula is C36H31N4O4S+. The Morgan fingerprint density at radius 3 is 2.13 bits per heavy atom. The van der Waals surface area contributed by atoms with Gasteiger partial charge >= 0.3 is 5.97 Å². The fraction of sp³-hybridized carbons (Fsp3) is 0.139. The molecule has 2 N–H and O–H groups in total. The van der Waals surface area contributed by atoms with Crippen molar-refractivity contribution in [3.05, 3.63) is 161 Å². The topological polar surface area (TPSA) is 106 Å². The Labute approximate surface area is 265 Å². The number of primary amides is 1. The second-order valence-corrected chi connectivity index (χ2v) is 11.7. The van der Waals surface area contributed by atoms with E-state index in [1.54, 1.807) is 42.5 Å². The molecule has 0 saturated carbocycles. The first-order valence-corrected chi connectivity index (χ1v) is 15.6. The van der Waals surface area contributed by atoms with Crippen LogP contribution in [0.2, 0.25) is 0 Å². The van der Waals surface area contributed by atoms with Gasteiger partial charge in [-0.2, -0.15) is 0 Å². The molecule has 2 aliphatic heterocycles. The van der Waals surface area contributed by atoms with E-state index >= 15 is 0 Å². The second kappa shape index (κ2) is 13.6. The van der Waals surface area contributed by atoms with E-state index in [1.165, 1.54) is 4.90 Å². The van der Waals surface area contributed by atoms with Gasteiger partial charge < -0.3 is 10.5 Å². The molecule has 0 bridgehead atoms. The monoisotopic (exact) mass is 615 g/mol. The van der Waals surface area contributed by atoms with Crippen LogP contribution in [-0.4, -0.2) is 46.1 Å². The van der Waals surface area contributed by atoms with Crippen molar-refractivity contribution in [3.63, 3.8) is 0 Å². The van der Waals surface area contributed by atoms with Crippen LogP contribution in [-0.2, 0) is 20.9 Å². The molecule has 0 spiro atoms. The van der Waals surface area contributed by atoms with Crippen LogP contribution in [0.3, 0.4) is 0 Å². The highest BCUT2D eigenvalue weighted by Gasteiger charge is 2.53. The first-order valence-electron chi connectivity index (χ1n) is 14.5. The first-order chi connectivity index (χ1) is 22.0. The number of benzene rings is 3. The minimum Gasteiger partial charge on any atom is -0.448 e. The zero-order chi connectivity index (χ0) is 31.2. The highest BCUT2D eigenvalue weighted by Crippen LogP contribution is 2.43. The largest absolute Gasteiger partial charge is 0.448 e. The van der Waals surface area contributed by atoms with E-state index in [0.717, 1.165) is 16.7 Å². The lowest BCUT2D eigenvalue weighted by Gasteiger charge is -2.48. The zero-order valence-corrected chi connectivity index (χ0v) is 25.1. The number of aromatic nitrogens is 1. The molecule has 4 aromatic rings. The molecule has 9 heteroatoms. The van der Waals surface area contributed by atoms with Gasteiger partial charge in [-0.1, -0.05) is 97.1 Å². The number of esters is 1. The molecule has 8 nitrogen and oxygen atoms in total. The molecule has 2 aliphatic rings. The molecule has 3 aromatic carbocycles. The van der Waals surface area contributed by atoms with E-state index in [-0.39, 0.29) is 17.0 Å². The quantitative estimate of drug-likeness (QED) is 0.121. The molecule has 1 fully saturated rings. The number of amides is 2. The Morgan fingerprint density at radius 1 is 0.933 bits per heavy atom. The molecule has 1 unspecified atom stereocenters. The first kappa shape index (κ1) is 29.8. The summed E-state index contributed by atoms with van der Waals surface area (Å²) in [6.45, 7) is 0.480. The Hall–Kier alpha value is -5.28. The summed E-state index contributed by atoms with van der Waals surface area (Å²) >= 11 is 1.57. The number of β-lactam (4-membered cyclic amide) rings is 1. The maximum Gasteiger partial charge on any atom is 0.356 e. The number of allylic oxidation sites excluding steroid dienone is 2. The smallest absolute Gasteiger partial charge is 0.356 e. The van der Waals surface area contributed by atoms with Gasteiger partial charge in [-0.3, -0.25) is 19.5 Å². The van der Waals surface area contributed by atoms with Gasteiger partial charge in [0.05, 0.1) is 5.56 Å². The molecule has 1 aromatic heterocycles. The van der Waals surface area contributed by atoms with Crippen LogP contribution >= 0.6 is 11.8 Å². The predicted octanol–water partition coefficient (Wildman–Crippen LogP) is 4.62. The summed E-state index contributed by atoms with van der Waals surface area (Å²) in [4.78, 5) is 45.2. The maximum absolute atomic E-state index is 14.1. The SMILES string of the molecule is NC(=O)c1cc[n+](C/C=C/C2=C(C(=O)OC(c3ccccc3)c3ccccc3)N3C(=O)C(N=Cc4ccccc4)[C@H]3SC2)cc1. The maximum atomic E-state index is 14.1. The Balaban J connectivity index is 1.30. The van der Waals surface area contributed by atoms with Gasteiger partial charge in [0.1, 0.15) is 11.1 Å². The third-order valence-electron chi connectivity index (χ3n) is 7.59. The van der Waals surface area contributed by atoms with E-state index in [4.69, 9.17) is 10.5 Å². The number of carbonyl (C=O) groups is 3. The van der Waals surface area contributed by atoms with Gasteiger partial charge in [-0.15, -0.1) is 11.8 Å². The Kier molecular flexibility index (Phi) is 8.98. The molecule has 224 valence electrons. The van der Waals surface area contributed by atoms with E-state index in [9.17, 15) is 14.4 Å². The fourth-order valence-corrected chi connectivity index (χ4v) is 6.57. The number of nitrogens with zero attached hydrogens (tertiary/aromatic N) is 3. The number of rotatable bonds is 10. The Bertz CT molecular complexity index is 1740. The van der Waals surface area contributed by atoms with Crippen LogP contribution in [0.5, 0.6) is 0 Å². The normalized spacial score (nSPS) is 17.9. The summed E-state index contributed by atoms with van der Waals surface area (Å²) in [5, 5.41) is -0.320. The van der Waals surface area contributed by atoms with Crippen LogP contribution in [0, 0.1) is 0 Å². The summed E-state index contributed by atoms with van der Waals surface area (Å²) in [5.74, 6) is -0.811. The number of hydrogen-bond acceptors (Lipinski definition) is 6. The van der Waals surface area contributed by atoms with Gasteiger partial charge in [0.15, 0.2) is 31.1 Å². The lowest BCUT2D eigenvalue weighted by molar-refractivity contribution is -0.687. The van der Waals surface area contributed by atoms with Crippen LogP contribution in [0.25, 0.3) is 0 Å². The van der Waals surface area contributed by atoms with Gasteiger partial charge in [-0.25, -0.2) is 9.36 Å². The Morgan fingerprint density at radius 2 is 1.53 bits per heavy atom. The highest BCUT2D eigenvalue weighted by molar-refractivity contribution is 8.00. The van der Waals surface area contributed by atoms with Crippen LogP contribution < -0.4 is 10.3 Å². The third-order valence-corrected chi connectivity index (χ3v) is 8.88. The molecule has 45 heavy (non-hydrogen) atoms. The van der Waals surface area contributed by atoms with Crippen molar-refractivity contribution in [2.24, 2.45) is 10.7 Å². The number of nitrogens with two attached hydrogens (primary N) is 1. The van der Waals surface area contributed by atoms with Gasteiger partial charge in [0.2, 0.25) is 5.91 Å². The van der Waals surface area contributed by atoms with Gasteiger partial charge in [0, 0.05) is 24.1 Å². The van der Waals surface area contributed by atoms with Crippen molar-refractivity contribution in [3.8, 4) is 0 Å². The van der Waals surface area contributed by atoms with Crippen molar-refractivity contribution in [1.82, 2.24) is 4.90 Å². The summed E-state index contributed by atoms with van der Waals surface area (Å²) in [5.41, 5.74) is 9.26. The molecule has 3 heterocycles. The minimum absolute atomic E-state index is 0.233. The number of thioether (sulfide) groups is 1. The number of carbonyl (C=O) groups excluding carboxylic acids is 3. The summed E-state index contributed by atoms with van der Waals surface area (Å²) in [7, 11) is 0. The standard InChI is InChI=1S/C36H30N4O4S/c37-33(41)28-18-21-39(22-19-28)20-10-17-29-24-45-35-30(38-23-25-11-4-1-5-12-25)34(42)40(35)31(29)36(43)44-32(26-13-6-2-7-14-26)27-15-8-3-9-16-27/h1-19,21-23,30,32,35H,20,24H2,(H-,37,41)/p+1/b17-10+,38-23?/t30?,35-/m1/s1. The minimum atomic E-state index is -0.659. The van der Waals surface area contributed by atoms with Crippen molar-refractivity contribution in [2.45, 2.75) is 24.1 Å². The summed E-state index contributed by atoms with van der Waals surface area (Å²) in [6, 6.07) is 31.5. The summed E-state index contributed by atoms with van der Waals surface area (Å²) < 4.78 is 8.12. The lowest BCUT2D eigenvalue weighted by Crippen LogP contribution is -2.64. The van der Waals surface area contributed by atoms with Crippen LogP contribution in [0.4, 0.5) is 0 Å². The molecule has 2 amide bonds. The molecule has 1 saturated heterocycles. The van der Waals surface area contributed by atoms with E-state index < -0.39 is 24.0 Å². The highest BCUT2D eigenvalue weighted by atomic mass is 32.2. The zero-order valence-electron chi connectivity index (χ0n) is 24.3.